The molecule has 0 spiro atoms. The van der Waals surface area contributed by atoms with Crippen molar-refractivity contribution in [3.05, 3.63) is 149 Å². The molecular weight excluding hydrogens is 534 g/mol. The van der Waals surface area contributed by atoms with E-state index in [1.807, 2.05) is 19.1 Å². The van der Waals surface area contributed by atoms with Gasteiger partial charge in [-0.15, -0.1) is 0 Å². The van der Waals surface area contributed by atoms with Crippen LogP contribution in [-0.2, 0) is 10.0 Å². The largest absolute Gasteiger partial charge is 0.497 e. The van der Waals surface area contributed by atoms with E-state index in [0.29, 0.717) is 28.0 Å². The number of hydrogen-bond acceptors (Lipinski definition) is 5. The molecule has 0 aliphatic rings. The van der Waals surface area contributed by atoms with Crippen LogP contribution in [0.15, 0.2) is 126 Å². The van der Waals surface area contributed by atoms with Crippen LogP contribution in [0.25, 0.3) is 11.1 Å². The minimum atomic E-state index is -3.99. The van der Waals surface area contributed by atoms with Crippen molar-refractivity contribution in [1.29, 1.82) is 0 Å². The summed E-state index contributed by atoms with van der Waals surface area (Å²) in [6.07, 6.45) is 0. The maximum Gasteiger partial charge on any atom is 0.261 e. The average Bonchev–Trinajstić information content (AvgIpc) is 3.01. The van der Waals surface area contributed by atoms with Gasteiger partial charge in [-0.3, -0.25) is 14.3 Å². The molecule has 0 radical (unpaired) electrons. The van der Waals surface area contributed by atoms with E-state index < -0.39 is 10.0 Å². The van der Waals surface area contributed by atoms with Gasteiger partial charge in [-0.05, 0) is 37.3 Å². The Morgan fingerprint density at radius 1 is 0.659 bits per heavy atom. The van der Waals surface area contributed by atoms with Crippen LogP contribution in [0.3, 0.4) is 0 Å². The summed E-state index contributed by atoms with van der Waals surface area (Å²) in [7, 11) is -2.52. The monoisotopic (exact) mass is 561 g/mol. The molecule has 0 unspecified atom stereocenters. The molecule has 204 valence electrons. The van der Waals surface area contributed by atoms with E-state index in [4.69, 9.17) is 4.74 Å². The molecule has 41 heavy (non-hydrogen) atoms. The van der Waals surface area contributed by atoms with Crippen molar-refractivity contribution in [1.82, 2.24) is 0 Å². The molecule has 5 aromatic carbocycles. The van der Waals surface area contributed by atoms with Crippen LogP contribution in [0.2, 0.25) is 0 Å². The van der Waals surface area contributed by atoms with Gasteiger partial charge in [-0.25, -0.2) is 8.42 Å². The molecule has 0 bridgehead atoms. The number of rotatable bonds is 9. The van der Waals surface area contributed by atoms with Crippen LogP contribution in [-0.4, -0.2) is 27.1 Å². The summed E-state index contributed by atoms with van der Waals surface area (Å²) in [5.74, 6) is -0.347. The number of hydrogen-bond donors (Lipinski definition) is 1. The minimum Gasteiger partial charge on any atom is -0.497 e. The third kappa shape index (κ3) is 5.81. The van der Waals surface area contributed by atoms with E-state index in [-0.39, 0.29) is 33.3 Å². The average molecular weight is 562 g/mol. The van der Waals surface area contributed by atoms with Crippen LogP contribution in [0.1, 0.15) is 37.4 Å². The summed E-state index contributed by atoms with van der Waals surface area (Å²) in [6, 6.07) is 33.8. The highest BCUT2D eigenvalue weighted by atomic mass is 32.2. The summed E-state index contributed by atoms with van der Waals surface area (Å²) >= 11 is 0. The van der Waals surface area contributed by atoms with Gasteiger partial charge in [0.15, 0.2) is 11.6 Å². The van der Waals surface area contributed by atoms with E-state index in [1.165, 1.54) is 19.2 Å². The standard InChI is InChI=1S/C34H27NO5S/c1-23-17-19-27(20-18-23)41(38,39)35-31-16-10-9-15-28(31)32-29(33(36)24-11-5-3-6-12-24)21-26(40-2)22-30(32)34(37)25-13-7-4-8-14-25/h3-22,35H,1-2H3. The van der Waals surface area contributed by atoms with Gasteiger partial charge in [0.1, 0.15) is 5.75 Å². The third-order valence-electron chi connectivity index (χ3n) is 6.68. The molecule has 0 aromatic heterocycles. The SMILES string of the molecule is COc1cc(C(=O)c2ccccc2)c(-c2ccccc2NS(=O)(=O)c2ccc(C)cc2)c(C(=O)c2ccccc2)c1. The number of carbonyl (C=O) groups excluding carboxylic acids is 2. The van der Waals surface area contributed by atoms with Crippen LogP contribution < -0.4 is 9.46 Å². The predicted molar refractivity (Wildman–Crippen MR) is 160 cm³/mol. The first-order valence-corrected chi connectivity index (χ1v) is 14.4. The van der Waals surface area contributed by atoms with Gasteiger partial charge in [-0.2, -0.15) is 0 Å². The van der Waals surface area contributed by atoms with Crippen LogP contribution in [0.5, 0.6) is 5.75 Å². The molecule has 6 nitrogen and oxygen atoms in total. The lowest BCUT2D eigenvalue weighted by molar-refractivity contribution is 0.103. The van der Waals surface area contributed by atoms with Crippen molar-refractivity contribution in [2.45, 2.75) is 11.8 Å². The minimum absolute atomic E-state index is 0.0915. The fraction of sp³-hybridized carbons (Fsp3) is 0.0588. The van der Waals surface area contributed by atoms with Crippen LogP contribution in [0.4, 0.5) is 5.69 Å². The number of aryl methyl sites for hydroxylation is 1. The van der Waals surface area contributed by atoms with Gasteiger partial charge in [-0.1, -0.05) is 96.6 Å². The molecule has 0 saturated carbocycles. The van der Waals surface area contributed by atoms with Crippen LogP contribution >= 0.6 is 0 Å². The number of carbonyl (C=O) groups is 2. The Kier molecular flexibility index (Phi) is 7.81. The first-order chi connectivity index (χ1) is 19.8. The summed E-state index contributed by atoms with van der Waals surface area (Å²) in [5.41, 5.74) is 3.07. The summed E-state index contributed by atoms with van der Waals surface area (Å²) in [5, 5.41) is 0. The van der Waals surface area contributed by atoms with Gasteiger partial charge in [0, 0.05) is 33.4 Å². The number of nitrogens with one attached hydrogen (secondary N) is 1. The van der Waals surface area contributed by atoms with E-state index >= 15 is 0 Å². The lowest BCUT2D eigenvalue weighted by atomic mass is 9.86. The van der Waals surface area contributed by atoms with E-state index in [2.05, 4.69) is 4.72 Å². The molecular formula is C34H27NO5S. The molecule has 0 aliphatic carbocycles. The maximum atomic E-state index is 14.0. The Morgan fingerprint density at radius 3 is 1.66 bits per heavy atom. The number of benzene rings is 5. The van der Waals surface area contributed by atoms with Crippen LogP contribution in [0, 0.1) is 6.92 Å². The first-order valence-electron chi connectivity index (χ1n) is 12.9. The zero-order chi connectivity index (χ0) is 29.0. The molecule has 7 heteroatoms. The number of sulfonamides is 1. The normalized spacial score (nSPS) is 11.1. The smallest absolute Gasteiger partial charge is 0.261 e. The molecule has 5 rings (SSSR count). The number of methoxy groups -OCH3 is 1. The fourth-order valence-electron chi connectivity index (χ4n) is 4.58. The fourth-order valence-corrected chi connectivity index (χ4v) is 5.66. The third-order valence-corrected chi connectivity index (χ3v) is 8.06. The Bertz CT molecular complexity index is 1760. The highest BCUT2D eigenvalue weighted by Gasteiger charge is 2.27. The quantitative estimate of drug-likeness (QED) is 0.197. The van der Waals surface area contributed by atoms with E-state index in [9.17, 15) is 18.0 Å². The molecule has 1 N–H and O–H groups in total. The van der Waals surface area contributed by atoms with E-state index in [0.717, 1.165) is 5.56 Å². The Hall–Kier alpha value is -5.01. The van der Waals surface area contributed by atoms with Gasteiger partial charge >= 0.3 is 0 Å². The second kappa shape index (κ2) is 11.6. The molecule has 5 aromatic rings. The Labute approximate surface area is 239 Å². The number of para-hydroxylation sites is 1. The summed E-state index contributed by atoms with van der Waals surface area (Å²) in [6.45, 7) is 1.87. The summed E-state index contributed by atoms with van der Waals surface area (Å²) < 4.78 is 35.0. The van der Waals surface area contributed by atoms with E-state index in [1.54, 1.807) is 97.1 Å². The second-order valence-corrected chi connectivity index (χ2v) is 11.1. The maximum absolute atomic E-state index is 14.0. The number of anilines is 1. The van der Waals surface area contributed by atoms with Crippen molar-refractivity contribution < 1.29 is 22.7 Å². The van der Waals surface area contributed by atoms with Crippen molar-refractivity contribution in [3.63, 3.8) is 0 Å². The zero-order valence-corrected chi connectivity index (χ0v) is 23.3. The van der Waals surface area contributed by atoms with Gasteiger partial charge < -0.3 is 4.74 Å². The first kappa shape index (κ1) is 27.6. The number of ether oxygens (including phenoxy) is 1. The van der Waals surface area contributed by atoms with Gasteiger partial charge in [0.05, 0.1) is 17.7 Å². The van der Waals surface area contributed by atoms with Gasteiger partial charge in [0.25, 0.3) is 10.0 Å². The highest BCUT2D eigenvalue weighted by molar-refractivity contribution is 7.92. The highest BCUT2D eigenvalue weighted by Crippen LogP contribution is 2.39. The van der Waals surface area contributed by atoms with Crippen molar-refractivity contribution in [3.8, 4) is 16.9 Å². The molecule has 0 heterocycles. The second-order valence-electron chi connectivity index (χ2n) is 9.45. The molecule has 0 aliphatic heterocycles. The van der Waals surface area contributed by atoms with Gasteiger partial charge in [0.2, 0.25) is 0 Å². The molecule has 0 saturated heterocycles. The van der Waals surface area contributed by atoms with Crippen molar-refractivity contribution in [2.24, 2.45) is 0 Å². The predicted octanol–water partition coefficient (Wildman–Crippen LogP) is 6.93. The lowest BCUT2D eigenvalue weighted by Crippen LogP contribution is -2.15. The number of ketones is 2. The zero-order valence-electron chi connectivity index (χ0n) is 22.5. The Balaban J connectivity index is 1.76. The molecule has 0 atom stereocenters. The topological polar surface area (TPSA) is 89.5 Å². The summed E-state index contributed by atoms with van der Waals surface area (Å²) in [4.78, 5) is 28.0. The van der Waals surface area contributed by atoms with Crippen molar-refractivity contribution in [2.75, 3.05) is 11.8 Å². The molecule has 0 amide bonds. The molecule has 0 fully saturated rings. The lowest BCUT2D eigenvalue weighted by Gasteiger charge is -2.19. The Morgan fingerprint density at radius 2 is 1.15 bits per heavy atom. The van der Waals surface area contributed by atoms with Crippen molar-refractivity contribution >= 4 is 27.3 Å².